The van der Waals surface area contributed by atoms with Crippen LogP contribution in [-0.4, -0.2) is 37.5 Å². The summed E-state index contributed by atoms with van der Waals surface area (Å²) in [5.41, 5.74) is 7.68. The number of para-hydroxylation sites is 2. The maximum absolute atomic E-state index is 14.2. The van der Waals surface area contributed by atoms with Crippen LogP contribution in [0.3, 0.4) is 0 Å². The summed E-state index contributed by atoms with van der Waals surface area (Å²) >= 11 is 0. The summed E-state index contributed by atoms with van der Waals surface area (Å²) in [6, 6.07) is 23.4. The Labute approximate surface area is 209 Å². The number of amides is 3. The van der Waals surface area contributed by atoms with Gasteiger partial charge in [0.15, 0.2) is 6.10 Å². The monoisotopic (exact) mass is 485 g/mol. The summed E-state index contributed by atoms with van der Waals surface area (Å²) in [7, 11) is 1.59. The Morgan fingerprint density at radius 1 is 0.972 bits per heavy atom. The van der Waals surface area contributed by atoms with E-state index in [-0.39, 0.29) is 24.8 Å². The van der Waals surface area contributed by atoms with Gasteiger partial charge in [0, 0.05) is 12.1 Å². The smallest absolute Gasteiger partial charge is 0.260 e. The maximum Gasteiger partial charge on any atom is 0.260 e. The molecule has 0 spiro atoms. The van der Waals surface area contributed by atoms with Gasteiger partial charge in [-0.25, -0.2) is 0 Å². The molecule has 8 nitrogen and oxygen atoms in total. The lowest BCUT2D eigenvalue weighted by atomic mass is 9.82. The lowest BCUT2D eigenvalue weighted by Crippen LogP contribution is -2.54. The second kappa shape index (κ2) is 9.73. The summed E-state index contributed by atoms with van der Waals surface area (Å²) < 4.78 is 11.0. The van der Waals surface area contributed by atoms with Crippen LogP contribution in [0.4, 0.5) is 11.4 Å². The number of piperidine rings is 1. The first-order chi connectivity index (χ1) is 17.5. The number of benzene rings is 3. The zero-order chi connectivity index (χ0) is 25.2. The first-order valence-corrected chi connectivity index (χ1v) is 11.9. The van der Waals surface area contributed by atoms with Crippen LogP contribution in [0.5, 0.6) is 11.5 Å². The van der Waals surface area contributed by atoms with Crippen LogP contribution in [0.2, 0.25) is 0 Å². The predicted octanol–water partition coefficient (Wildman–Crippen LogP) is 3.46. The summed E-state index contributed by atoms with van der Waals surface area (Å²) in [5.74, 6) is -0.328. The highest BCUT2D eigenvalue weighted by Crippen LogP contribution is 2.43. The molecule has 5 rings (SSSR count). The molecule has 3 aromatic rings. The number of methoxy groups -OCH3 is 1. The van der Waals surface area contributed by atoms with E-state index in [0.717, 1.165) is 5.56 Å². The highest BCUT2D eigenvalue weighted by Gasteiger charge is 2.45. The number of primary amides is 1. The number of fused-ring (bicyclic) bond motifs is 1. The average molecular weight is 486 g/mol. The third kappa shape index (κ3) is 4.26. The van der Waals surface area contributed by atoms with Crippen molar-refractivity contribution in [2.24, 2.45) is 11.7 Å². The van der Waals surface area contributed by atoms with Crippen molar-refractivity contribution in [2.75, 3.05) is 23.5 Å². The molecule has 1 saturated heterocycles. The van der Waals surface area contributed by atoms with E-state index in [2.05, 4.69) is 0 Å². The molecule has 0 aromatic heterocycles. The summed E-state index contributed by atoms with van der Waals surface area (Å²) in [6.07, 6.45) is -0.358. The van der Waals surface area contributed by atoms with Crippen molar-refractivity contribution >= 4 is 29.1 Å². The van der Waals surface area contributed by atoms with Crippen molar-refractivity contribution in [3.8, 4) is 11.5 Å². The molecular weight excluding hydrogens is 458 g/mol. The normalized spacial score (nSPS) is 21.4. The average Bonchev–Trinajstić information content (AvgIpc) is 2.92. The number of nitrogens with zero attached hydrogens (tertiary/aromatic N) is 2. The van der Waals surface area contributed by atoms with Gasteiger partial charge >= 0.3 is 0 Å². The lowest BCUT2D eigenvalue weighted by Gasteiger charge is -2.43. The molecule has 3 amide bonds. The van der Waals surface area contributed by atoms with Crippen LogP contribution >= 0.6 is 0 Å². The Hall–Kier alpha value is -4.33. The molecule has 8 heteroatoms. The van der Waals surface area contributed by atoms with Gasteiger partial charge in [-0.1, -0.05) is 42.5 Å². The fourth-order valence-corrected chi connectivity index (χ4v) is 5.02. The van der Waals surface area contributed by atoms with Crippen molar-refractivity contribution in [3.63, 3.8) is 0 Å². The van der Waals surface area contributed by atoms with Gasteiger partial charge in [0.25, 0.3) is 5.91 Å². The topological polar surface area (TPSA) is 102 Å². The van der Waals surface area contributed by atoms with E-state index in [9.17, 15) is 14.4 Å². The number of carbonyl (C=O) groups is 3. The fourth-order valence-electron chi connectivity index (χ4n) is 5.02. The van der Waals surface area contributed by atoms with Crippen LogP contribution < -0.4 is 25.0 Å². The maximum atomic E-state index is 14.2. The quantitative estimate of drug-likeness (QED) is 0.596. The molecule has 184 valence electrons. The summed E-state index contributed by atoms with van der Waals surface area (Å²) in [6.45, 7) is 0.0136. The number of ether oxygens (including phenoxy) is 2. The molecule has 0 unspecified atom stereocenters. The predicted molar refractivity (Wildman–Crippen MR) is 135 cm³/mol. The van der Waals surface area contributed by atoms with E-state index in [4.69, 9.17) is 15.2 Å². The SMILES string of the molecule is COc1ccc(N2C(=O)CC[C@H](C(=O)N3C[C@H](C(N)=O)Oc4ccccc43)[C@@H]2c2ccccc2)cc1. The van der Waals surface area contributed by atoms with Gasteiger partial charge in [0.05, 0.1) is 31.3 Å². The van der Waals surface area contributed by atoms with Gasteiger partial charge in [-0.2, -0.15) is 0 Å². The summed E-state index contributed by atoms with van der Waals surface area (Å²) in [4.78, 5) is 42.8. The number of anilines is 2. The standard InChI is InChI=1S/C28H27N3O5/c1-35-20-13-11-19(12-14-20)31-25(32)16-15-21(26(31)18-7-3-2-4-8-18)28(34)30-17-24(27(29)33)36-23-10-6-5-9-22(23)30/h2-14,21,24,26H,15-17H2,1H3,(H2,29,33)/t21-,24+,26-/m0/s1. The van der Waals surface area contributed by atoms with Crippen LogP contribution in [0.25, 0.3) is 0 Å². The minimum atomic E-state index is -0.957. The van der Waals surface area contributed by atoms with E-state index < -0.39 is 24.0 Å². The summed E-state index contributed by atoms with van der Waals surface area (Å²) in [5, 5.41) is 0. The van der Waals surface area contributed by atoms with Crippen molar-refractivity contribution in [1.29, 1.82) is 0 Å². The molecule has 36 heavy (non-hydrogen) atoms. The van der Waals surface area contributed by atoms with Crippen LogP contribution in [-0.2, 0) is 14.4 Å². The van der Waals surface area contributed by atoms with E-state index in [1.165, 1.54) is 0 Å². The molecule has 0 bridgehead atoms. The second-order valence-corrected chi connectivity index (χ2v) is 8.89. The van der Waals surface area contributed by atoms with Gasteiger partial charge in [-0.05, 0) is 48.4 Å². The van der Waals surface area contributed by atoms with Gasteiger partial charge in [-0.15, -0.1) is 0 Å². The van der Waals surface area contributed by atoms with E-state index in [0.29, 0.717) is 29.3 Å². The van der Waals surface area contributed by atoms with E-state index >= 15 is 0 Å². The molecule has 2 aliphatic rings. The second-order valence-electron chi connectivity index (χ2n) is 8.89. The van der Waals surface area contributed by atoms with E-state index in [1.54, 1.807) is 47.2 Å². The first kappa shape index (κ1) is 23.4. The zero-order valence-electron chi connectivity index (χ0n) is 19.9. The molecule has 3 atom stereocenters. The number of carbonyl (C=O) groups excluding carboxylic acids is 3. The highest BCUT2D eigenvalue weighted by molar-refractivity contribution is 6.02. The molecule has 2 aliphatic heterocycles. The Bertz CT molecular complexity index is 1280. The largest absolute Gasteiger partial charge is 0.497 e. The third-order valence-electron chi connectivity index (χ3n) is 6.76. The Kier molecular flexibility index (Phi) is 6.33. The van der Waals surface area contributed by atoms with Gasteiger partial charge < -0.3 is 25.0 Å². The number of rotatable bonds is 5. The first-order valence-electron chi connectivity index (χ1n) is 11.9. The lowest BCUT2D eigenvalue weighted by molar-refractivity contribution is -0.128. The minimum Gasteiger partial charge on any atom is -0.497 e. The number of nitrogens with two attached hydrogens (primary N) is 1. The molecule has 3 aromatic carbocycles. The third-order valence-corrected chi connectivity index (χ3v) is 6.76. The van der Waals surface area contributed by atoms with Gasteiger partial charge in [0.2, 0.25) is 11.8 Å². The van der Waals surface area contributed by atoms with Crippen LogP contribution in [0.1, 0.15) is 24.4 Å². The van der Waals surface area contributed by atoms with Crippen molar-refractivity contribution in [3.05, 3.63) is 84.4 Å². The minimum absolute atomic E-state index is 0.0136. The Morgan fingerprint density at radius 3 is 2.36 bits per heavy atom. The Morgan fingerprint density at radius 2 is 1.67 bits per heavy atom. The number of hydrogen-bond acceptors (Lipinski definition) is 5. The van der Waals surface area contributed by atoms with Gasteiger partial charge in [0.1, 0.15) is 11.5 Å². The molecule has 2 heterocycles. The van der Waals surface area contributed by atoms with Crippen molar-refractivity contribution < 1.29 is 23.9 Å². The Balaban J connectivity index is 1.57. The molecule has 0 aliphatic carbocycles. The molecule has 0 saturated carbocycles. The van der Waals surface area contributed by atoms with Crippen LogP contribution in [0.15, 0.2) is 78.9 Å². The van der Waals surface area contributed by atoms with Crippen molar-refractivity contribution in [1.82, 2.24) is 0 Å². The van der Waals surface area contributed by atoms with E-state index in [1.807, 2.05) is 48.5 Å². The number of hydrogen-bond donors (Lipinski definition) is 1. The fraction of sp³-hybridized carbons (Fsp3) is 0.250. The van der Waals surface area contributed by atoms with Crippen molar-refractivity contribution in [2.45, 2.75) is 25.0 Å². The van der Waals surface area contributed by atoms with Crippen LogP contribution in [0, 0.1) is 5.92 Å². The molecule has 1 fully saturated rings. The molecular formula is C28H27N3O5. The zero-order valence-corrected chi connectivity index (χ0v) is 19.9. The van der Waals surface area contributed by atoms with Gasteiger partial charge in [-0.3, -0.25) is 14.4 Å². The highest BCUT2D eigenvalue weighted by atomic mass is 16.5. The molecule has 2 N–H and O–H groups in total. The molecule has 0 radical (unpaired) electrons.